The lowest BCUT2D eigenvalue weighted by Crippen LogP contribution is -2.16. The number of thiophene rings is 1. The number of nitrogens with zero attached hydrogens (tertiary/aromatic N) is 2. The van der Waals surface area contributed by atoms with Crippen LogP contribution in [0.2, 0.25) is 0 Å². The number of anilines is 1. The SMILES string of the molecule is CCOC(=O)c1c(NC(=O)c2cn3c(C)csc3n2)sc2c1CCCC2. The molecule has 0 radical (unpaired) electrons. The highest BCUT2D eigenvalue weighted by Crippen LogP contribution is 2.38. The number of carbonyl (C=O) groups excluding carboxylic acids is 2. The van der Waals surface area contributed by atoms with Gasteiger partial charge in [-0.15, -0.1) is 22.7 Å². The molecule has 8 heteroatoms. The Balaban J connectivity index is 1.67. The molecule has 6 nitrogen and oxygen atoms in total. The van der Waals surface area contributed by atoms with Crippen LogP contribution in [-0.4, -0.2) is 27.9 Å². The summed E-state index contributed by atoms with van der Waals surface area (Å²) in [5, 5.41) is 5.47. The van der Waals surface area contributed by atoms with E-state index in [0.717, 1.165) is 41.9 Å². The molecule has 0 bridgehead atoms. The number of fused-ring (bicyclic) bond motifs is 2. The summed E-state index contributed by atoms with van der Waals surface area (Å²) in [5.74, 6) is -0.659. The van der Waals surface area contributed by atoms with Crippen molar-refractivity contribution < 1.29 is 14.3 Å². The first-order valence-corrected chi connectivity index (χ1v) is 10.3. The summed E-state index contributed by atoms with van der Waals surface area (Å²) in [6, 6.07) is 0. The molecular formula is C18H19N3O3S2. The minimum atomic E-state index is -0.358. The van der Waals surface area contributed by atoms with Gasteiger partial charge >= 0.3 is 5.97 Å². The van der Waals surface area contributed by atoms with E-state index in [-0.39, 0.29) is 11.9 Å². The zero-order valence-electron chi connectivity index (χ0n) is 14.6. The largest absolute Gasteiger partial charge is 0.462 e. The fourth-order valence-electron chi connectivity index (χ4n) is 3.24. The maximum absolute atomic E-state index is 12.7. The molecule has 3 heterocycles. The summed E-state index contributed by atoms with van der Waals surface area (Å²) in [7, 11) is 0. The summed E-state index contributed by atoms with van der Waals surface area (Å²) in [5.41, 5.74) is 2.95. The van der Waals surface area contributed by atoms with Crippen molar-refractivity contribution in [3.63, 3.8) is 0 Å². The third-order valence-electron chi connectivity index (χ3n) is 4.50. The van der Waals surface area contributed by atoms with Gasteiger partial charge in [-0.3, -0.25) is 9.20 Å². The van der Waals surface area contributed by atoms with E-state index >= 15 is 0 Å². The van der Waals surface area contributed by atoms with Gasteiger partial charge in [-0.1, -0.05) is 0 Å². The van der Waals surface area contributed by atoms with Crippen molar-refractivity contribution >= 4 is 44.5 Å². The van der Waals surface area contributed by atoms with Crippen molar-refractivity contribution in [1.29, 1.82) is 0 Å². The average molecular weight is 390 g/mol. The van der Waals surface area contributed by atoms with E-state index < -0.39 is 0 Å². The highest BCUT2D eigenvalue weighted by molar-refractivity contribution is 7.17. The predicted octanol–water partition coefficient (Wildman–Crippen LogP) is 4.07. The summed E-state index contributed by atoms with van der Waals surface area (Å²) in [4.78, 5) is 31.5. The highest BCUT2D eigenvalue weighted by Gasteiger charge is 2.27. The Labute approximate surface area is 158 Å². The van der Waals surface area contributed by atoms with Crippen LogP contribution in [0.1, 0.15) is 56.7 Å². The van der Waals surface area contributed by atoms with E-state index in [4.69, 9.17) is 4.74 Å². The van der Waals surface area contributed by atoms with Gasteiger partial charge in [0.1, 0.15) is 10.7 Å². The molecule has 0 atom stereocenters. The molecule has 3 aromatic rings. The second-order valence-electron chi connectivity index (χ2n) is 6.25. The average Bonchev–Trinajstić information content (AvgIpc) is 3.29. The number of thiazole rings is 1. The van der Waals surface area contributed by atoms with Gasteiger partial charge in [-0.05, 0) is 45.1 Å². The fourth-order valence-corrected chi connectivity index (χ4v) is 5.37. The number of aryl methyl sites for hydroxylation is 2. The third kappa shape index (κ3) is 2.93. The molecule has 136 valence electrons. The third-order valence-corrected chi connectivity index (χ3v) is 6.66. The first-order valence-electron chi connectivity index (χ1n) is 8.64. The van der Waals surface area contributed by atoms with Crippen molar-refractivity contribution in [2.24, 2.45) is 0 Å². The van der Waals surface area contributed by atoms with Crippen LogP contribution in [0.15, 0.2) is 11.6 Å². The zero-order chi connectivity index (χ0) is 18.3. The lowest BCUT2D eigenvalue weighted by Gasteiger charge is -2.12. The van der Waals surface area contributed by atoms with Gasteiger partial charge in [0.25, 0.3) is 5.91 Å². The van der Waals surface area contributed by atoms with Gasteiger partial charge in [0.05, 0.1) is 12.2 Å². The van der Waals surface area contributed by atoms with Gasteiger partial charge in [0.15, 0.2) is 4.96 Å². The van der Waals surface area contributed by atoms with Crippen LogP contribution in [-0.2, 0) is 17.6 Å². The number of nitrogens with one attached hydrogen (secondary N) is 1. The van der Waals surface area contributed by atoms with Crippen molar-refractivity contribution in [2.75, 3.05) is 11.9 Å². The minimum Gasteiger partial charge on any atom is -0.462 e. The van der Waals surface area contributed by atoms with Crippen molar-refractivity contribution in [1.82, 2.24) is 9.38 Å². The quantitative estimate of drug-likeness (QED) is 0.683. The first kappa shape index (κ1) is 17.2. The Morgan fingerprint density at radius 1 is 1.35 bits per heavy atom. The smallest absolute Gasteiger partial charge is 0.341 e. The number of aromatic nitrogens is 2. The van der Waals surface area contributed by atoms with Crippen LogP contribution in [0.3, 0.4) is 0 Å². The van der Waals surface area contributed by atoms with E-state index in [9.17, 15) is 9.59 Å². The van der Waals surface area contributed by atoms with Gasteiger partial charge < -0.3 is 10.1 Å². The molecule has 0 aliphatic heterocycles. The Morgan fingerprint density at radius 2 is 2.15 bits per heavy atom. The zero-order valence-corrected chi connectivity index (χ0v) is 16.3. The highest BCUT2D eigenvalue weighted by atomic mass is 32.1. The summed E-state index contributed by atoms with van der Waals surface area (Å²) in [6.45, 7) is 4.07. The number of hydrogen-bond acceptors (Lipinski definition) is 6. The molecule has 1 amide bonds. The molecule has 1 aliphatic rings. The number of esters is 1. The number of ether oxygens (including phenoxy) is 1. The molecule has 0 unspecified atom stereocenters. The molecule has 0 saturated carbocycles. The van der Waals surface area contributed by atoms with Crippen LogP contribution in [0.25, 0.3) is 4.96 Å². The topological polar surface area (TPSA) is 72.7 Å². The molecule has 1 N–H and O–H groups in total. The number of hydrogen-bond donors (Lipinski definition) is 1. The Hall–Kier alpha value is -2.19. The molecule has 0 fully saturated rings. The maximum Gasteiger partial charge on any atom is 0.341 e. The summed E-state index contributed by atoms with van der Waals surface area (Å²) in [6.07, 6.45) is 5.70. The van der Waals surface area contributed by atoms with Gasteiger partial charge in [0.2, 0.25) is 0 Å². The van der Waals surface area contributed by atoms with Gasteiger partial charge in [-0.2, -0.15) is 0 Å². The number of rotatable bonds is 4. The molecule has 0 spiro atoms. The molecule has 0 aromatic carbocycles. The van der Waals surface area contributed by atoms with Crippen molar-refractivity contribution in [3.8, 4) is 0 Å². The lowest BCUT2D eigenvalue weighted by molar-refractivity contribution is 0.0526. The molecule has 4 rings (SSSR count). The molecular weight excluding hydrogens is 370 g/mol. The van der Waals surface area contributed by atoms with Crippen LogP contribution in [0.4, 0.5) is 5.00 Å². The van der Waals surface area contributed by atoms with Crippen LogP contribution in [0, 0.1) is 6.92 Å². The van der Waals surface area contributed by atoms with E-state index in [2.05, 4.69) is 10.3 Å². The first-order chi connectivity index (χ1) is 12.6. The lowest BCUT2D eigenvalue weighted by atomic mass is 9.95. The van der Waals surface area contributed by atoms with Crippen LogP contribution >= 0.6 is 22.7 Å². The molecule has 26 heavy (non-hydrogen) atoms. The molecule has 0 saturated heterocycles. The normalized spacial score (nSPS) is 13.6. The van der Waals surface area contributed by atoms with Crippen molar-refractivity contribution in [3.05, 3.63) is 39.0 Å². The predicted molar refractivity (Wildman–Crippen MR) is 103 cm³/mol. The van der Waals surface area contributed by atoms with E-state index in [1.807, 2.05) is 16.7 Å². The van der Waals surface area contributed by atoms with Crippen molar-refractivity contribution in [2.45, 2.75) is 39.5 Å². The Kier molecular flexibility index (Phi) is 4.54. The van der Waals surface area contributed by atoms with Gasteiger partial charge in [0, 0.05) is 22.1 Å². The van der Waals surface area contributed by atoms with Gasteiger partial charge in [-0.25, -0.2) is 9.78 Å². The maximum atomic E-state index is 12.7. The number of carbonyl (C=O) groups is 2. The minimum absolute atomic E-state index is 0.301. The van der Waals surface area contributed by atoms with Crippen LogP contribution < -0.4 is 5.32 Å². The second-order valence-corrected chi connectivity index (χ2v) is 8.19. The van der Waals surface area contributed by atoms with Crippen LogP contribution in [0.5, 0.6) is 0 Å². The summed E-state index contributed by atoms with van der Waals surface area (Å²) < 4.78 is 7.12. The Morgan fingerprint density at radius 3 is 2.92 bits per heavy atom. The van der Waals surface area contributed by atoms with E-state index in [1.165, 1.54) is 27.6 Å². The molecule has 1 aliphatic carbocycles. The molecule has 3 aromatic heterocycles. The second kappa shape index (κ2) is 6.85. The van der Waals surface area contributed by atoms with E-state index in [1.54, 1.807) is 13.1 Å². The summed E-state index contributed by atoms with van der Waals surface area (Å²) >= 11 is 2.98. The standard InChI is InChI=1S/C18H19N3O3S2/c1-3-24-17(23)14-11-6-4-5-7-13(11)26-16(14)20-15(22)12-8-21-10(2)9-25-18(21)19-12/h8-9H,3-7H2,1-2H3,(H,20,22). The van der Waals surface area contributed by atoms with E-state index in [0.29, 0.717) is 22.9 Å². The number of amides is 1. The number of imidazole rings is 1. The fraction of sp³-hybridized carbons (Fsp3) is 0.389. The monoisotopic (exact) mass is 389 g/mol. The Bertz CT molecular complexity index is 999.